The summed E-state index contributed by atoms with van der Waals surface area (Å²) in [4.78, 5) is 26.1. The number of methoxy groups -OCH3 is 1. The molecule has 144 valence electrons. The minimum absolute atomic E-state index is 0.0807. The van der Waals surface area contributed by atoms with Crippen molar-refractivity contribution in [2.75, 3.05) is 20.3 Å². The van der Waals surface area contributed by atoms with Gasteiger partial charge in [-0.1, -0.05) is 42.5 Å². The molecule has 0 fully saturated rings. The third-order valence-corrected chi connectivity index (χ3v) is 4.55. The van der Waals surface area contributed by atoms with Gasteiger partial charge < -0.3 is 14.4 Å². The first-order valence-electron chi connectivity index (χ1n) is 9.03. The molecule has 0 aliphatic rings. The molecule has 0 radical (unpaired) electrons. The molecular weight excluding hydrogens is 342 g/mol. The van der Waals surface area contributed by atoms with Gasteiger partial charge in [0.2, 0.25) is 0 Å². The minimum Gasteiger partial charge on any atom is -0.483 e. The Balaban J connectivity index is 2.12. The van der Waals surface area contributed by atoms with Crippen LogP contribution in [0.5, 0.6) is 5.75 Å². The second-order valence-corrected chi connectivity index (χ2v) is 6.56. The van der Waals surface area contributed by atoms with Crippen LogP contribution in [0.2, 0.25) is 0 Å². The molecule has 0 bridgehead atoms. The number of carbonyl (C=O) groups excluding carboxylic acids is 2. The van der Waals surface area contributed by atoms with Gasteiger partial charge in [-0.15, -0.1) is 0 Å². The molecule has 1 unspecified atom stereocenters. The van der Waals surface area contributed by atoms with E-state index < -0.39 is 0 Å². The first-order chi connectivity index (χ1) is 12.9. The summed E-state index contributed by atoms with van der Waals surface area (Å²) < 4.78 is 10.5. The number of hydrogen-bond acceptors (Lipinski definition) is 4. The average Bonchev–Trinajstić information content (AvgIpc) is 2.69. The molecule has 2 aromatic carbocycles. The summed E-state index contributed by atoms with van der Waals surface area (Å²) in [7, 11) is 1.35. The fraction of sp³-hybridized carbons (Fsp3) is 0.364. The maximum Gasteiger partial charge on any atom is 0.307 e. The average molecular weight is 369 g/mol. The summed E-state index contributed by atoms with van der Waals surface area (Å²) in [6, 6.07) is 15.4. The minimum atomic E-state index is -0.344. The van der Waals surface area contributed by atoms with Gasteiger partial charge in [-0.25, -0.2) is 0 Å². The maximum atomic E-state index is 12.9. The number of nitrogens with zero attached hydrogens (tertiary/aromatic N) is 1. The third-order valence-electron chi connectivity index (χ3n) is 4.55. The topological polar surface area (TPSA) is 55.8 Å². The number of esters is 1. The molecule has 27 heavy (non-hydrogen) atoms. The van der Waals surface area contributed by atoms with Crippen LogP contribution in [-0.2, 0) is 14.3 Å². The zero-order valence-electron chi connectivity index (χ0n) is 16.4. The van der Waals surface area contributed by atoms with Crippen LogP contribution < -0.4 is 4.74 Å². The number of aryl methyl sites for hydroxylation is 2. The lowest BCUT2D eigenvalue weighted by molar-refractivity contribution is -0.142. The van der Waals surface area contributed by atoms with Gasteiger partial charge in [-0.3, -0.25) is 9.59 Å². The normalized spacial score (nSPS) is 11.6. The van der Waals surface area contributed by atoms with Crippen LogP contribution in [0, 0.1) is 13.8 Å². The van der Waals surface area contributed by atoms with E-state index in [1.165, 1.54) is 7.11 Å². The van der Waals surface area contributed by atoms with E-state index in [-0.39, 0.29) is 37.5 Å². The summed E-state index contributed by atoms with van der Waals surface area (Å²) in [5, 5.41) is 0. The van der Waals surface area contributed by atoms with Crippen molar-refractivity contribution in [3.8, 4) is 5.75 Å². The molecule has 1 atom stereocenters. The van der Waals surface area contributed by atoms with Crippen molar-refractivity contribution in [2.24, 2.45) is 0 Å². The van der Waals surface area contributed by atoms with Gasteiger partial charge in [-0.05, 0) is 43.5 Å². The molecular formula is C22H27NO4. The Bertz CT molecular complexity index is 773. The van der Waals surface area contributed by atoms with Crippen molar-refractivity contribution in [2.45, 2.75) is 33.2 Å². The number of rotatable bonds is 8. The van der Waals surface area contributed by atoms with Crippen LogP contribution in [-0.4, -0.2) is 37.0 Å². The molecule has 0 aliphatic carbocycles. The predicted molar refractivity (Wildman–Crippen MR) is 105 cm³/mol. The van der Waals surface area contributed by atoms with E-state index in [0.29, 0.717) is 5.75 Å². The van der Waals surface area contributed by atoms with Crippen LogP contribution in [0.1, 0.15) is 36.1 Å². The van der Waals surface area contributed by atoms with Crippen LogP contribution in [0.15, 0.2) is 48.5 Å². The highest BCUT2D eigenvalue weighted by atomic mass is 16.5. The quantitative estimate of drug-likeness (QED) is 0.664. The van der Waals surface area contributed by atoms with Gasteiger partial charge in [0.25, 0.3) is 5.91 Å². The second kappa shape index (κ2) is 9.76. The van der Waals surface area contributed by atoms with Crippen LogP contribution in [0.25, 0.3) is 0 Å². The van der Waals surface area contributed by atoms with Gasteiger partial charge in [-0.2, -0.15) is 0 Å². The highest BCUT2D eigenvalue weighted by Crippen LogP contribution is 2.22. The zero-order chi connectivity index (χ0) is 19.8. The van der Waals surface area contributed by atoms with E-state index in [2.05, 4.69) is 0 Å². The smallest absolute Gasteiger partial charge is 0.307 e. The van der Waals surface area contributed by atoms with Gasteiger partial charge in [0.05, 0.1) is 19.6 Å². The molecule has 0 aromatic heterocycles. The van der Waals surface area contributed by atoms with Crippen molar-refractivity contribution >= 4 is 11.9 Å². The molecule has 5 nitrogen and oxygen atoms in total. The number of carbonyl (C=O) groups is 2. The zero-order valence-corrected chi connectivity index (χ0v) is 16.4. The number of hydrogen-bond donors (Lipinski definition) is 0. The lowest BCUT2D eigenvalue weighted by atomic mass is 10.1. The SMILES string of the molecule is COC(=O)CCN(C(=O)COc1cc(C)ccc1C)C(C)c1ccccc1. The Morgan fingerprint density at radius 2 is 1.78 bits per heavy atom. The lowest BCUT2D eigenvalue weighted by Crippen LogP contribution is -2.38. The molecule has 0 saturated heterocycles. The van der Waals surface area contributed by atoms with Crippen LogP contribution in [0.4, 0.5) is 0 Å². The molecule has 2 aromatic rings. The van der Waals surface area contributed by atoms with Crippen LogP contribution >= 0.6 is 0 Å². The predicted octanol–water partition coefficient (Wildman–Crippen LogP) is 3.84. The number of amides is 1. The van der Waals surface area contributed by atoms with Crippen molar-refractivity contribution < 1.29 is 19.1 Å². The van der Waals surface area contributed by atoms with E-state index in [9.17, 15) is 9.59 Å². The van der Waals surface area contributed by atoms with E-state index in [1.54, 1.807) is 4.90 Å². The van der Waals surface area contributed by atoms with Gasteiger partial charge in [0, 0.05) is 6.54 Å². The molecule has 0 N–H and O–H groups in total. The van der Waals surface area contributed by atoms with E-state index in [1.807, 2.05) is 69.3 Å². The van der Waals surface area contributed by atoms with Crippen molar-refractivity contribution in [3.05, 3.63) is 65.2 Å². The Morgan fingerprint density at radius 1 is 1.07 bits per heavy atom. The van der Waals surface area contributed by atoms with Crippen LogP contribution in [0.3, 0.4) is 0 Å². The second-order valence-electron chi connectivity index (χ2n) is 6.56. The first kappa shape index (κ1) is 20.5. The summed E-state index contributed by atoms with van der Waals surface area (Å²) in [6.07, 6.45) is 0.142. The molecule has 1 amide bonds. The Labute approximate surface area is 160 Å². The van der Waals surface area contributed by atoms with Gasteiger partial charge in [0.15, 0.2) is 6.61 Å². The Morgan fingerprint density at radius 3 is 2.44 bits per heavy atom. The molecule has 0 spiro atoms. The maximum absolute atomic E-state index is 12.9. The van der Waals surface area contributed by atoms with E-state index in [4.69, 9.17) is 9.47 Å². The fourth-order valence-corrected chi connectivity index (χ4v) is 2.84. The number of ether oxygens (including phenoxy) is 2. The summed E-state index contributed by atoms with van der Waals surface area (Å²) >= 11 is 0. The lowest BCUT2D eigenvalue weighted by Gasteiger charge is -2.29. The highest BCUT2D eigenvalue weighted by molar-refractivity contribution is 5.79. The largest absolute Gasteiger partial charge is 0.483 e. The fourth-order valence-electron chi connectivity index (χ4n) is 2.84. The number of benzene rings is 2. The van der Waals surface area contributed by atoms with E-state index >= 15 is 0 Å². The third kappa shape index (κ3) is 5.84. The summed E-state index contributed by atoms with van der Waals surface area (Å²) in [6.45, 7) is 6.07. The van der Waals surface area contributed by atoms with E-state index in [0.717, 1.165) is 16.7 Å². The van der Waals surface area contributed by atoms with Crippen molar-refractivity contribution in [1.82, 2.24) is 4.90 Å². The summed E-state index contributed by atoms with van der Waals surface area (Å²) in [5.41, 5.74) is 3.05. The molecule has 2 rings (SSSR count). The van der Waals surface area contributed by atoms with Gasteiger partial charge in [0.1, 0.15) is 5.75 Å². The molecule has 0 saturated carbocycles. The summed E-state index contributed by atoms with van der Waals surface area (Å²) in [5.74, 6) is 0.184. The standard InChI is InChI=1S/C22H27NO4/c1-16-10-11-17(2)20(14-16)27-15-21(24)23(13-12-22(25)26-4)18(3)19-8-6-5-7-9-19/h5-11,14,18H,12-13,15H2,1-4H3. The first-order valence-corrected chi connectivity index (χ1v) is 9.03. The van der Waals surface area contributed by atoms with Crippen molar-refractivity contribution in [1.29, 1.82) is 0 Å². The highest BCUT2D eigenvalue weighted by Gasteiger charge is 2.23. The molecule has 5 heteroatoms. The van der Waals surface area contributed by atoms with Crippen molar-refractivity contribution in [3.63, 3.8) is 0 Å². The van der Waals surface area contributed by atoms with Gasteiger partial charge >= 0.3 is 5.97 Å². The molecule has 0 aliphatic heterocycles. The Hall–Kier alpha value is -2.82. The monoisotopic (exact) mass is 369 g/mol. The molecule has 0 heterocycles. The Kier molecular flexibility index (Phi) is 7.41.